The molecule has 88 heavy (non-hydrogen) atoms. The molecule has 0 saturated carbocycles. The van der Waals surface area contributed by atoms with Gasteiger partial charge in [-0.2, -0.15) is 0 Å². The molecule has 8 aliphatic rings. The Morgan fingerprint density at radius 1 is 0.261 bits per heavy atom. The number of anilines is 6. The van der Waals surface area contributed by atoms with Crippen molar-refractivity contribution in [2.75, 3.05) is 9.80 Å². The van der Waals surface area contributed by atoms with Crippen LogP contribution in [0.1, 0.15) is 151 Å². The minimum absolute atomic E-state index is 0.0954. The first-order chi connectivity index (χ1) is 42.7. The maximum atomic E-state index is 2.57. The zero-order valence-corrected chi connectivity index (χ0v) is 52.2. The fourth-order valence-corrected chi connectivity index (χ4v) is 18.3. The molecule has 8 aliphatic carbocycles. The zero-order valence-electron chi connectivity index (χ0n) is 52.2. The Balaban J connectivity index is 0.839. The molecule has 0 bridgehead atoms. The van der Waals surface area contributed by atoms with Crippen LogP contribution in [-0.2, 0) is 21.7 Å². The van der Waals surface area contributed by atoms with Crippen molar-refractivity contribution in [2.45, 2.75) is 128 Å². The predicted molar refractivity (Wildman–Crippen MR) is 377 cm³/mol. The largest absolute Gasteiger partial charge is 0.310 e. The topological polar surface area (TPSA) is 6.48 Å². The van der Waals surface area contributed by atoms with Crippen molar-refractivity contribution in [1.82, 2.24) is 0 Å². The second-order valence-electron chi connectivity index (χ2n) is 28.7. The monoisotopic (exact) mass is 1130 g/mol. The molecule has 0 amide bonds. The van der Waals surface area contributed by atoms with Gasteiger partial charge in [0.2, 0.25) is 0 Å². The van der Waals surface area contributed by atoms with Gasteiger partial charge in [0.15, 0.2) is 0 Å². The SMILES string of the molecule is CC1(C)C2=C(CCC=C2)c2ccc(N(c3ccc4c(c3)C(C)(C)C3=C4CCC=C3)c3ccc4c(c3)c3ccccc3c3c5ccc(N(c6ccc7c(c6)C(C)(C)C6=C7CCC=C6)c6ccc7c(c6)C(C)(C)C6=C7CCC=C6)cc5c5ccccc5c43)cc21. The minimum Gasteiger partial charge on any atom is -0.310 e. The van der Waals surface area contributed by atoms with Crippen molar-refractivity contribution in [1.29, 1.82) is 0 Å². The van der Waals surface area contributed by atoms with Crippen LogP contribution in [0.5, 0.6) is 0 Å². The van der Waals surface area contributed by atoms with Crippen LogP contribution in [0.2, 0.25) is 0 Å². The van der Waals surface area contributed by atoms with E-state index in [1.165, 1.54) is 177 Å². The lowest BCUT2D eigenvalue weighted by molar-refractivity contribution is 0.650. The van der Waals surface area contributed by atoms with Crippen LogP contribution in [0.15, 0.2) is 229 Å². The normalized spacial score (nSPS) is 19.2. The Hall–Kier alpha value is -8.98. The summed E-state index contributed by atoms with van der Waals surface area (Å²) in [6.07, 6.45) is 28.0. The van der Waals surface area contributed by atoms with Crippen LogP contribution >= 0.6 is 0 Å². The van der Waals surface area contributed by atoms with E-state index in [0.29, 0.717) is 0 Å². The van der Waals surface area contributed by atoms with Gasteiger partial charge in [-0.1, -0.05) is 189 Å². The third-order valence-electron chi connectivity index (χ3n) is 22.7. The summed E-state index contributed by atoms with van der Waals surface area (Å²) in [5, 5.41) is 12.8. The molecular formula is C86H74N2. The van der Waals surface area contributed by atoms with Crippen molar-refractivity contribution < 1.29 is 0 Å². The molecule has 0 aliphatic heterocycles. The standard InChI is InChI=1S/C86H74N2/c1-83(2)73-29-17-13-23-59(73)63-39-33-53(47-77(63)83)87(54-34-40-64-60-24-14-18-30-74(60)84(3,4)78(64)48-54)51-37-43-69-71(45-51)57-21-9-11-27-67(57)82-70-44-38-52(46-72(70)58-22-10-12-28-68(58)81(69)82)88(55-35-41-65-61-25-15-19-31-75(61)85(5,6)79(65)49-55)56-36-42-66-62-26-16-20-32-76(62)86(7,8)80(66)50-56/h9-12,17-22,27-50H,13-16,23-26H2,1-8H3. The van der Waals surface area contributed by atoms with Crippen molar-refractivity contribution in [3.05, 3.63) is 273 Å². The van der Waals surface area contributed by atoms with Crippen LogP contribution < -0.4 is 9.80 Å². The molecule has 0 unspecified atom stereocenters. The molecule has 0 saturated heterocycles. The molecule has 18 rings (SSSR count). The molecular weight excluding hydrogens is 1060 g/mol. The number of rotatable bonds is 6. The van der Waals surface area contributed by atoms with Gasteiger partial charge in [-0.3, -0.25) is 0 Å². The van der Waals surface area contributed by atoms with Crippen LogP contribution in [0.3, 0.4) is 0 Å². The van der Waals surface area contributed by atoms with Gasteiger partial charge in [0.1, 0.15) is 0 Å². The van der Waals surface area contributed by atoms with E-state index < -0.39 is 0 Å². The molecule has 0 aromatic heterocycles. The summed E-state index contributed by atoms with van der Waals surface area (Å²) in [5.41, 5.74) is 30.1. The number of nitrogens with zero attached hydrogens (tertiary/aromatic N) is 2. The average molecular weight is 1140 g/mol. The first-order valence-corrected chi connectivity index (χ1v) is 32.7. The summed E-state index contributed by atoms with van der Waals surface area (Å²) in [4.78, 5) is 5.15. The summed E-state index contributed by atoms with van der Waals surface area (Å²) in [7, 11) is 0. The van der Waals surface area contributed by atoms with Gasteiger partial charge >= 0.3 is 0 Å². The summed E-state index contributed by atoms with van der Waals surface area (Å²) in [6.45, 7) is 19.5. The van der Waals surface area contributed by atoms with Crippen LogP contribution in [0.25, 0.3) is 76.2 Å². The summed E-state index contributed by atoms with van der Waals surface area (Å²) >= 11 is 0. The van der Waals surface area contributed by atoms with Gasteiger partial charge in [0.25, 0.3) is 0 Å². The van der Waals surface area contributed by atoms with E-state index in [-0.39, 0.29) is 21.7 Å². The molecule has 2 heteroatoms. The fourth-order valence-electron chi connectivity index (χ4n) is 18.3. The van der Waals surface area contributed by atoms with Crippen molar-refractivity contribution >= 4 is 110 Å². The van der Waals surface area contributed by atoms with Gasteiger partial charge in [-0.15, -0.1) is 0 Å². The highest BCUT2D eigenvalue weighted by Crippen LogP contribution is 2.58. The van der Waals surface area contributed by atoms with E-state index in [0.717, 1.165) is 51.4 Å². The molecule has 10 aromatic rings. The summed E-state index contributed by atoms with van der Waals surface area (Å²) in [5.74, 6) is 0. The maximum absolute atomic E-state index is 2.57. The first-order valence-electron chi connectivity index (χ1n) is 32.7. The second-order valence-corrected chi connectivity index (χ2v) is 28.7. The predicted octanol–water partition coefficient (Wildman–Crippen LogP) is 24.0. The molecule has 0 radical (unpaired) electrons. The van der Waals surface area contributed by atoms with E-state index in [1.807, 2.05) is 0 Å². The number of allylic oxidation sites excluding steroid dienone is 16. The molecule has 0 fully saturated rings. The van der Waals surface area contributed by atoms with Crippen LogP contribution in [0, 0.1) is 0 Å². The number of hydrogen-bond acceptors (Lipinski definition) is 2. The van der Waals surface area contributed by atoms with E-state index in [1.54, 1.807) is 0 Å². The van der Waals surface area contributed by atoms with E-state index in [9.17, 15) is 0 Å². The molecule has 428 valence electrons. The zero-order chi connectivity index (χ0) is 59.3. The number of fused-ring (bicyclic) bond motifs is 19. The highest BCUT2D eigenvalue weighted by atomic mass is 15.1. The smallest absolute Gasteiger partial charge is 0.0468 e. The fraction of sp³-hybridized carbons (Fsp3) is 0.233. The Morgan fingerprint density at radius 3 is 0.807 bits per heavy atom. The maximum Gasteiger partial charge on any atom is 0.0468 e. The Labute approximate surface area is 518 Å². The van der Waals surface area contributed by atoms with Gasteiger partial charge in [0.05, 0.1) is 0 Å². The Morgan fingerprint density at radius 2 is 0.511 bits per heavy atom. The lowest BCUT2D eigenvalue weighted by Gasteiger charge is -2.31. The van der Waals surface area contributed by atoms with E-state index in [4.69, 9.17) is 0 Å². The lowest BCUT2D eigenvalue weighted by Crippen LogP contribution is -2.19. The van der Waals surface area contributed by atoms with Gasteiger partial charge < -0.3 is 9.80 Å². The third kappa shape index (κ3) is 7.06. The molecule has 10 aromatic carbocycles. The van der Waals surface area contributed by atoms with Crippen molar-refractivity contribution in [3.63, 3.8) is 0 Å². The van der Waals surface area contributed by atoms with E-state index in [2.05, 4.69) is 272 Å². The average Bonchev–Trinajstić information content (AvgIpc) is 1.17. The first kappa shape index (κ1) is 52.2. The Kier molecular flexibility index (Phi) is 10.9. The van der Waals surface area contributed by atoms with Crippen molar-refractivity contribution in [3.8, 4) is 0 Å². The molecule has 2 nitrogen and oxygen atoms in total. The van der Waals surface area contributed by atoms with E-state index >= 15 is 0 Å². The second kappa shape index (κ2) is 18.3. The van der Waals surface area contributed by atoms with Crippen molar-refractivity contribution in [2.24, 2.45) is 0 Å². The molecule has 0 heterocycles. The molecule has 0 spiro atoms. The summed E-state index contributed by atoms with van der Waals surface area (Å²) < 4.78 is 0. The lowest BCUT2D eigenvalue weighted by atomic mass is 9.79. The van der Waals surface area contributed by atoms with Crippen LogP contribution in [-0.4, -0.2) is 0 Å². The van der Waals surface area contributed by atoms with Gasteiger partial charge in [0, 0.05) is 55.8 Å². The Bertz CT molecular complexity index is 4620. The minimum atomic E-state index is -0.0954. The third-order valence-corrected chi connectivity index (χ3v) is 22.7. The highest BCUT2D eigenvalue weighted by Gasteiger charge is 2.42. The highest BCUT2D eigenvalue weighted by molar-refractivity contribution is 6.40. The van der Waals surface area contributed by atoms with Gasteiger partial charge in [-0.25, -0.2) is 0 Å². The number of hydrogen-bond donors (Lipinski definition) is 0. The molecule has 0 atom stereocenters. The quantitative estimate of drug-likeness (QED) is 0.153. The summed E-state index contributed by atoms with van der Waals surface area (Å²) in [6, 6.07) is 62.8. The van der Waals surface area contributed by atoms with Crippen LogP contribution in [0.4, 0.5) is 34.1 Å². The number of benzene rings is 10. The van der Waals surface area contributed by atoms with Gasteiger partial charge in [-0.05, 0) is 267 Å². The molecule has 0 N–H and O–H groups in total.